The molecule has 0 unspecified atom stereocenters. The molecule has 1 aliphatic heterocycles. The van der Waals surface area contributed by atoms with Gasteiger partial charge < -0.3 is 28.7 Å². The van der Waals surface area contributed by atoms with Crippen molar-refractivity contribution < 1.29 is 28.5 Å². The van der Waals surface area contributed by atoms with Crippen molar-refractivity contribution in [3.8, 4) is 17.2 Å². The molecule has 1 aromatic rings. The molecule has 1 heterocycles. The molecule has 0 aliphatic carbocycles. The van der Waals surface area contributed by atoms with Crippen molar-refractivity contribution in [2.75, 3.05) is 42.0 Å². The van der Waals surface area contributed by atoms with Gasteiger partial charge in [-0.3, -0.25) is 0 Å². The number of amides is 2. The Kier molecular flexibility index (Phi) is 6.20. The van der Waals surface area contributed by atoms with Crippen LogP contribution in [0, 0.1) is 0 Å². The van der Waals surface area contributed by atoms with E-state index in [1.165, 1.54) is 31.1 Å². The predicted octanol–water partition coefficient (Wildman–Crippen LogP) is 2.59. The average Bonchev–Trinajstić information content (AvgIpc) is 2.67. The lowest BCUT2D eigenvalue weighted by atomic mass is 9.93. The number of esters is 1. The third-order valence-electron chi connectivity index (χ3n) is 4.64. The second-order valence-corrected chi connectivity index (χ2v) is 6.03. The van der Waals surface area contributed by atoms with E-state index in [0.717, 1.165) is 0 Å². The van der Waals surface area contributed by atoms with Crippen molar-refractivity contribution >= 4 is 12.0 Å². The smallest absolute Gasteiger partial charge is 0.338 e. The van der Waals surface area contributed by atoms with Crippen LogP contribution in [0.5, 0.6) is 17.2 Å². The highest BCUT2D eigenvalue weighted by molar-refractivity contribution is 5.95. The molecule has 0 N–H and O–H groups in total. The molecule has 27 heavy (non-hydrogen) atoms. The predicted molar refractivity (Wildman–Crippen MR) is 99.1 cm³/mol. The lowest BCUT2D eigenvalue weighted by Gasteiger charge is -2.39. The summed E-state index contributed by atoms with van der Waals surface area (Å²) in [5.74, 6) is 0.837. The number of ether oxygens (including phenoxy) is 4. The van der Waals surface area contributed by atoms with Crippen molar-refractivity contribution in [3.63, 3.8) is 0 Å². The van der Waals surface area contributed by atoms with E-state index < -0.39 is 12.0 Å². The summed E-state index contributed by atoms with van der Waals surface area (Å²) in [6.45, 7) is 3.70. The summed E-state index contributed by atoms with van der Waals surface area (Å²) in [6.07, 6.45) is 0. The fourth-order valence-electron chi connectivity index (χ4n) is 3.18. The fourth-order valence-corrected chi connectivity index (χ4v) is 3.18. The summed E-state index contributed by atoms with van der Waals surface area (Å²) in [7, 11) is 7.80. The Morgan fingerprint density at radius 2 is 1.63 bits per heavy atom. The molecule has 0 aromatic heterocycles. The van der Waals surface area contributed by atoms with Crippen LogP contribution in [-0.2, 0) is 9.53 Å². The van der Waals surface area contributed by atoms with E-state index >= 15 is 0 Å². The minimum Gasteiger partial charge on any atom is -0.493 e. The first kappa shape index (κ1) is 20.4. The number of carbonyl (C=O) groups is 2. The molecular formula is C19H26N2O6. The first-order valence-corrected chi connectivity index (χ1v) is 8.50. The highest BCUT2D eigenvalue weighted by Crippen LogP contribution is 2.44. The standard InChI is InChI=1S/C19H26N2O6/c1-8-27-18(22)15-11(2)20(3)19(23)21(4)16(15)12-9-13(24-5)17(26-7)14(10-12)25-6/h9-10,16H,8H2,1-7H3/t16-/m0/s1. The second-order valence-electron chi connectivity index (χ2n) is 6.03. The molecule has 1 atom stereocenters. The summed E-state index contributed by atoms with van der Waals surface area (Å²) in [4.78, 5) is 28.3. The largest absolute Gasteiger partial charge is 0.493 e. The van der Waals surface area contributed by atoms with Gasteiger partial charge in [-0.2, -0.15) is 0 Å². The maximum absolute atomic E-state index is 12.7. The lowest BCUT2D eigenvalue weighted by molar-refractivity contribution is -0.139. The molecule has 0 saturated carbocycles. The first-order chi connectivity index (χ1) is 12.8. The van der Waals surface area contributed by atoms with Crippen LogP contribution in [-0.4, -0.2) is 63.8 Å². The zero-order valence-electron chi connectivity index (χ0n) is 16.8. The van der Waals surface area contributed by atoms with Crippen LogP contribution in [0.4, 0.5) is 4.79 Å². The summed E-state index contributed by atoms with van der Waals surface area (Å²) in [5.41, 5.74) is 1.57. The number of urea groups is 1. The topological polar surface area (TPSA) is 77.5 Å². The molecule has 2 rings (SSSR count). The van der Waals surface area contributed by atoms with Crippen LogP contribution < -0.4 is 14.2 Å². The number of benzene rings is 1. The molecule has 148 valence electrons. The van der Waals surface area contributed by atoms with Gasteiger partial charge in [0.25, 0.3) is 0 Å². The Labute approximate surface area is 159 Å². The van der Waals surface area contributed by atoms with Gasteiger partial charge in [-0.05, 0) is 31.5 Å². The van der Waals surface area contributed by atoms with Gasteiger partial charge in [0.15, 0.2) is 11.5 Å². The normalized spacial score (nSPS) is 17.1. The zero-order valence-corrected chi connectivity index (χ0v) is 16.8. The lowest BCUT2D eigenvalue weighted by Crippen LogP contribution is -2.47. The van der Waals surface area contributed by atoms with Crippen LogP contribution in [0.2, 0.25) is 0 Å². The number of allylic oxidation sites excluding steroid dienone is 1. The molecule has 0 bridgehead atoms. The third-order valence-corrected chi connectivity index (χ3v) is 4.64. The summed E-state index contributed by atoms with van der Waals surface area (Å²) in [6, 6.07) is 2.57. The summed E-state index contributed by atoms with van der Waals surface area (Å²) < 4.78 is 21.4. The quantitative estimate of drug-likeness (QED) is 0.708. The monoisotopic (exact) mass is 378 g/mol. The minimum atomic E-state index is -0.651. The number of hydrogen-bond acceptors (Lipinski definition) is 6. The van der Waals surface area contributed by atoms with Crippen molar-refractivity contribution in [2.24, 2.45) is 0 Å². The fraction of sp³-hybridized carbons (Fsp3) is 0.474. The first-order valence-electron chi connectivity index (χ1n) is 8.50. The molecule has 8 nitrogen and oxygen atoms in total. The van der Waals surface area contributed by atoms with E-state index in [0.29, 0.717) is 34.1 Å². The van der Waals surface area contributed by atoms with E-state index in [4.69, 9.17) is 18.9 Å². The van der Waals surface area contributed by atoms with Gasteiger partial charge in [0.2, 0.25) is 5.75 Å². The van der Waals surface area contributed by atoms with Crippen LogP contribution in [0.1, 0.15) is 25.5 Å². The number of nitrogens with zero attached hydrogens (tertiary/aromatic N) is 2. The Morgan fingerprint density at radius 3 is 2.07 bits per heavy atom. The Balaban J connectivity index is 2.72. The van der Waals surface area contributed by atoms with Gasteiger partial charge in [-0.15, -0.1) is 0 Å². The summed E-state index contributed by atoms with van der Waals surface area (Å²) in [5, 5.41) is 0. The van der Waals surface area contributed by atoms with Crippen LogP contribution in [0.3, 0.4) is 0 Å². The molecule has 2 amide bonds. The SMILES string of the molecule is CCOC(=O)C1=C(C)N(C)C(=O)N(C)[C@H]1c1cc(OC)c(OC)c(OC)c1. The number of carbonyl (C=O) groups excluding carboxylic acids is 2. The highest BCUT2D eigenvalue weighted by Gasteiger charge is 2.40. The van der Waals surface area contributed by atoms with E-state index in [2.05, 4.69) is 0 Å². The Hall–Kier alpha value is -2.90. The number of likely N-dealkylation sites (N-methyl/N-ethyl adjacent to an activating group) is 1. The van der Waals surface area contributed by atoms with E-state index in [1.807, 2.05) is 0 Å². The van der Waals surface area contributed by atoms with Crippen molar-refractivity contribution in [1.29, 1.82) is 0 Å². The Bertz CT molecular complexity index is 748. The number of rotatable bonds is 6. The molecule has 1 aliphatic rings. The maximum atomic E-state index is 12.7. The van der Waals surface area contributed by atoms with Gasteiger partial charge in [-0.1, -0.05) is 0 Å². The maximum Gasteiger partial charge on any atom is 0.338 e. The van der Waals surface area contributed by atoms with Crippen LogP contribution in [0.25, 0.3) is 0 Å². The van der Waals surface area contributed by atoms with E-state index in [9.17, 15) is 9.59 Å². The number of methoxy groups -OCH3 is 3. The van der Waals surface area contributed by atoms with Crippen LogP contribution >= 0.6 is 0 Å². The molecule has 1 aromatic carbocycles. The molecule has 0 fully saturated rings. The second kappa shape index (κ2) is 8.20. The van der Waals surface area contributed by atoms with E-state index in [-0.39, 0.29) is 12.6 Å². The zero-order chi connectivity index (χ0) is 20.3. The summed E-state index contributed by atoms with van der Waals surface area (Å²) >= 11 is 0. The minimum absolute atomic E-state index is 0.235. The van der Waals surface area contributed by atoms with Gasteiger partial charge in [0, 0.05) is 19.8 Å². The third kappa shape index (κ3) is 3.51. The van der Waals surface area contributed by atoms with E-state index in [1.54, 1.807) is 40.1 Å². The average molecular weight is 378 g/mol. The molecule has 0 spiro atoms. The van der Waals surface area contributed by atoms with Crippen molar-refractivity contribution in [2.45, 2.75) is 19.9 Å². The van der Waals surface area contributed by atoms with Gasteiger partial charge >= 0.3 is 12.0 Å². The van der Waals surface area contributed by atoms with Gasteiger partial charge in [-0.25, -0.2) is 9.59 Å². The van der Waals surface area contributed by atoms with Crippen molar-refractivity contribution in [3.05, 3.63) is 29.0 Å². The van der Waals surface area contributed by atoms with Gasteiger partial charge in [0.1, 0.15) is 0 Å². The number of hydrogen-bond donors (Lipinski definition) is 0. The Morgan fingerprint density at radius 1 is 1.07 bits per heavy atom. The molecule has 0 radical (unpaired) electrons. The molecule has 8 heteroatoms. The molecule has 0 saturated heterocycles. The molecular weight excluding hydrogens is 352 g/mol. The van der Waals surface area contributed by atoms with Gasteiger partial charge in [0.05, 0.1) is 39.6 Å². The van der Waals surface area contributed by atoms with Crippen molar-refractivity contribution in [1.82, 2.24) is 9.80 Å². The van der Waals surface area contributed by atoms with Crippen LogP contribution in [0.15, 0.2) is 23.4 Å². The highest BCUT2D eigenvalue weighted by atomic mass is 16.5.